The Balaban J connectivity index is 2.46. The molecule has 0 atom stereocenters. The van der Waals surface area contributed by atoms with Crippen molar-refractivity contribution < 1.29 is 17.9 Å². The van der Waals surface area contributed by atoms with Gasteiger partial charge >= 0.3 is 0 Å². The van der Waals surface area contributed by atoms with Gasteiger partial charge in [0.15, 0.2) is 0 Å². The molecule has 1 aromatic carbocycles. The van der Waals surface area contributed by atoms with E-state index in [0.717, 1.165) is 0 Å². The van der Waals surface area contributed by atoms with Gasteiger partial charge in [-0.25, -0.2) is 13.1 Å². The number of rotatable bonds is 9. The first kappa shape index (κ1) is 15.9. The van der Waals surface area contributed by atoms with Crippen molar-refractivity contribution in [3.05, 3.63) is 24.3 Å². The van der Waals surface area contributed by atoms with Crippen molar-refractivity contribution in [1.82, 2.24) is 10.0 Å². The Labute approximate surface area is 114 Å². The number of methoxy groups -OCH3 is 2. The van der Waals surface area contributed by atoms with Crippen LogP contribution >= 0.6 is 0 Å². The van der Waals surface area contributed by atoms with Gasteiger partial charge in [0.1, 0.15) is 5.75 Å². The van der Waals surface area contributed by atoms with Gasteiger partial charge in [0.2, 0.25) is 10.0 Å². The molecule has 0 unspecified atom stereocenters. The van der Waals surface area contributed by atoms with Crippen LogP contribution in [0.3, 0.4) is 0 Å². The Morgan fingerprint density at radius 2 is 1.95 bits per heavy atom. The molecule has 0 saturated carbocycles. The first-order chi connectivity index (χ1) is 9.10. The topological polar surface area (TPSA) is 76.7 Å². The number of ether oxygens (including phenoxy) is 2. The summed E-state index contributed by atoms with van der Waals surface area (Å²) >= 11 is 0. The second-order valence-electron chi connectivity index (χ2n) is 3.82. The molecule has 0 aliphatic heterocycles. The zero-order valence-corrected chi connectivity index (χ0v) is 12.0. The Morgan fingerprint density at radius 3 is 2.63 bits per heavy atom. The van der Waals surface area contributed by atoms with Crippen molar-refractivity contribution in [1.29, 1.82) is 0 Å². The van der Waals surface area contributed by atoms with Gasteiger partial charge in [-0.1, -0.05) is 6.07 Å². The molecule has 0 aromatic heterocycles. The Morgan fingerprint density at radius 1 is 1.16 bits per heavy atom. The largest absolute Gasteiger partial charge is 0.497 e. The first-order valence-electron chi connectivity index (χ1n) is 5.93. The van der Waals surface area contributed by atoms with Gasteiger partial charge in [-0.2, -0.15) is 0 Å². The normalized spacial score (nSPS) is 11.5. The fraction of sp³-hybridized carbons (Fsp3) is 0.500. The van der Waals surface area contributed by atoms with Crippen LogP contribution in [-0.2, 0) is 14.8 Å². The summed E-state index contributed by atoms with van der Waals surface area (Å²) in [5, 5.41) is 3.06. The lowest BCUT2D eigenvalue weighted by Gasteiger charge is -2.08. The highest BCUT2D eigenvalue weighted by atomic mass is 32.2. The summed E-state index contributed by atoms with van der Waals surface area (Å²) in [6.07, 6.45) is 0. The lowest BCUT2D eigenvalue weighted by atomic mass is 10.3. The average Bonchev–Trinajstić information content (AvgIpc) is 2.43. The van der Waals surface area contributed by atoms with Crippen molar-refractivity contribution in [2.45, 2.75) is 4.90 Å². The van der Waals surface area contributed by atoms with E-state index in [1.807, 2.05) is 0 Å². The molecule has 0 bridgehead atoms. The zero-order chi connectivity index (χ0) is 14.1. The Bertz CT molecular complexity index is 476. The predicted octanol–water partition coefficient (Wildman–Crippen LogP) is 0.210. The summed E-state index contributed by atoms with van der Waals surface area (Å²) in [6, 6.07) is 6.36. The van der Waals surface area contributed by atoms with Gasteiger partial charge in [0, 0.05) is 32.8 Å². The summed E-state index contributed by atoms with van der Waals surface area (Å²) in [5.41, 5.74) is 0. The Kier molecular flexibility index (Phi) is 6.79. The molecule has 0 amide bonds. The fourth-order valence-electron chi connectivity index (χ4n) is 1.42. The van der Waals surface area contributed by atoms with Crippen LogP contribution in [-0.4, -0.2) is 48.9 Å². The van der Waals surface area contributed by atoms with Crippen LogP contribution in [0.25, 0.3) is 0 Å². The van der Waals surface area contributed by atoms with Crippen molar-refractivity contribution in [2.24, 2.45) is 0 Å². The molecule has 0 spiro atoms. The number of hydrogen-bond donors (Lipinski definition) is 2. The monoisotopic (exact) mass is 288 g/mol. The first-order valence-corrected chi connectivity index (χ1v) is 7.42. The molecule has 0 fully saturated rings. The van der Waals surface area contributed by atoms with Gasteiger partial charge in [0.25, 0.3) is 0 Å². The second-order valence-corrected chi connectivity index (χ2v) is 5.59. The summed E-state index contributed by atoms with van der Waals surface area (Å²) in [7, 11) is -0.370. The van der Waals surface area contributed by atoms with Crippen LogP contribution in [0.15, 0.2) is 29.2 Å². The van der Waals surface area contributed by atoms with E-state index in [-0.39, 0.29) is 4.90 Å². The summed E-state index contributed by atoms with van der Waals surface area (Å²) in [4.78, 5) is 0.198. The third kappa shape index (κ3) is 5.56. The van der Waals surface area contributed by atoms with Crippen LogP contribution in [0.2, 0.25) is 0 Å². The predicted molar refractivity (Wildman–Crippen MR) is 72.9 cm³/mol. The summed E-state index contributed by atoms with van der Waals surface area (Å²) in [5.74, 6) is 0.515. The van der Waals surface area contributed by atoms with Crippen LogP contribution in [0.5, 0.6) is 5.75 Å². The lowest BCUT2D eigenvalue weighted by molar-refractivity contribution is 0.199. The standard InChI is InChI=1S/C12H20N2O4S/c1-17-9-8-13-6-7-14-19(15,16)12-5-3-4-11(10-12)18-2/h3-5,10,13-14H,6-9H2,1-2H3. The van der Waals surface area contributed by atoms with Crippen LogP contribution in [0.1, 0.15) is 0 Å². The van der Waals surface area contributed by atoms with Gasteiger partial charge in [-0.15, -0.1) is 0 Å². The van der Waals surface area contributed by atoms with Crippen LogP contribution in [0.4, 0.5) is 0 Å². The van der Waals surface area contributed by atoms with E-state index in [9.17, 15) is 8.42 Å². The van der Waals surface area contributed by atoms with E-state index in [4.69, 9.17) is 9.47 Å². The molecule has 19 heavy (non-hydrogen) atoms. The van der Waals surface area contributed by atoms with Crippen molar-refractivity contribution in [2.75, 3.05) is 40.5 Å². The lowest BCUT2D eigenvalue weighted by Crippen LogP contribution is -2.33. The molecule has 2 N–H and O–H groups in total. The highest BCUT2D eigenvalue weighted by Crippen LogP contribution is 2.16. The second kappa shape index (κ2) is 8.11. The highest BCUT2D eigenvalue weighted by molar-refractivity contribution is 7.89. The summed E-state index contributed by atoms with van der Waals surface area (Å²) in [6.45, 7) is 2.16. The van der Waals surface area contributed by atoms with Crippen molar-refractivity contribution >= 4 is 10.0 Å². The molecule has 6 nitrogen and oxygen atoms in total. The maximum Gasteiger partial charge on any atom is 0.240 e. The number of hydrogen-bond acceptors (Lipinski definition) is 5. The van der Waals surface area contributed by atoms with E-state index in [2.05, 4.69) is 10.0 Å². The maximum atomic E-state index is 12.0. The molecule has 1 rings (SSSR count). The van der Waals surface area contributed by atoms with Crippen LogP contribution < -0.4 is 14.8 Å². The van der Waals surface area contributed by atoms with Crippen molar-refractivity contribution in [3.63, 3.8) is 0 Å². The van der Waals surface area contributed by atoms with Gasteiger partial charge in [-0.05, 0) is 12.1 Å². The molecule has 0 saturated heterocycles. The van der Waals surface area contributed by atoms with E-state index in [0.29, 0.717) is 32.0 Å². The maximum absolute atomic E-state index is 12.0. The number of sulfonamides is 1. The van der Waals surface area contributed by atoms with E-state index < -0.39 is 10.0 Å². The molecule has 0 aliphatic rings. The summed E-state index contributed by atoms with van der Waals surface area (Å²) < 4.78 is 36.3. The number of benzene rings is 1. The molecule has 0 radical (unpaired) electrons. The third-order valence-electron chi connectivity index (χ3n) is 2.43. The number of nitrogens with one attached hydrogen (secondary N) is 2. The third-order valence-corrected chi connectivity index (χ3v) is 3.89. The molecule has 7 heteroatoms. The SMILES string of the molecule is COCCNCCNS(=O)(=O)c1cccc(OC)c1. The molecule has 1 aromatic rings. The van der Waals surface area contributed by atoms with Gasteiger partial charge < -0.3 is 14.8 Å². The smallest absolute Gasteiger partial charge is 0.240 e. The molecular formula is C12H20N2O4S. The molecule has 108 valence electrons. The molecule has 0 heterocycles. The van der Waals surface area contributed by atoms with Gasteiger partial charge in [0.05, 0.1) is 18.6 Å². The van der Waals surface area contributed by atoms with E-state index >= 15 is 0 Å². The zero-order valence-electron chi connectivity index (χ0n) is 11.2. The minimum absolute atomic E-state index is 0.198. The average molecular weight is 288 g/mol. The van der Waals surface area contributed by atoms with E-state index in [1.165, 1.54) is 19.2 Å². The molecular weight excluding hydrogens is 268 g/mol. The fourth-order valence-corrected chi connectivity index (χ4v) is 2.49. The minimum atomic E-state index is -3.49. The quantitative estimate of drug-likeness (QED) is 0.635. The van der Waals surface area contributed by atoms with Crippen LogP contribution in [0, 0.1) is 0 Å². The van der Waals surface area contributed by atoms with Gasteiger partial charge in [-0.3, -0.25) is 0 Å². The molecule has 0 aliphatic carbocycles. The Hall–Kier alpha value is -1.15. The van der Waals surface area contributed by atoms with E-state index in [1.54, 1.807) is 19.2 Å². The minimum Gasteiger partial charge on any atom is -0.497 e. The van der Waals surface area contributed by atoms with Crippen molar-refractivity contribution in [3.8, 4) is 5.75 Å². The highest BCUT2D eigenvalue weighted by Gasteiger charge is 2.13.